The number of hydrogen-bond donors (Lipinski definition) is 0. The Kier molecular flexibility index (Phi) is 5.61. The summed E-state index contributed by atoms with van der Waals surface area (Å²) in [5.74, 6) is -1.65. The van der Waals surface area contributed by atoms with E-state index in [1.54, 1.807) is 48.5 Å². The number of hydrogen-bond acceptors (Lipinski definition) is 3. The number of carbonyl (C=O) groups is 3. The fourth-order valence-corrected chi connectivity index (χ4v) is 4.37. The van der Waals surface area contributed by atoms with Crippen LogP contribution in [-0.2, 0) is 16.1 Å². The molecule has 1 aliphatic carbocycles. The van der Waals surface area contributed by atoms with Gasteiger partial charge in [-0.1, -0.05) is 48.2 Å². The van der Waals surface area contributed by atoms with E-state index < -0.39 is 5.91 Å². The van der Waals surface area contributed by atoms with Crippen molar-refractivity contribution in [1.82, 2.24) is 10.0 Å². The van der Waals surface area contributed by atoms with E-state index in [4.69, 9.17) is 23.2 Å². The van der Waals surface area contributed by atoms with Crippen LogP contribution in [0.2, 0.25) is 10.0 Å². The van der Waals surface area contributed by atoms with E-state index in [-0.39, 0.29) is 30.2 Å². The molecule has 0 aromatic heterocycles. The molecule has 2 aliphatic rings. The van der Waals surface area contributed by atoms with Crippen LogP contribution in [0.3, 0.4) is 0 Å². The molecule has 0 spiro atoms. The molecule has 1 aliphatic heterocycles. The van der Waals surface area contributed by atoms with Crippen LogP contribution in [0.15, 0.2) is 48.5 Å². The van der Waals surface area contributed by atoms with Gasteiger partial charge in [-0.15, -0.1) is 0 Å². The third-order valence-electron chi connectivity index (χ3n) is 5.63. The lowest BCUT2D eigenvalue weighted by atomic mass is 9.81. The highest BCUT2D eigenvalue weighted by Gasteiger charge is 2.51. The van der Waals surface area contributed by atoms with Crippen molar-refractivity contribution in [1.29, 1.82) is 0 Å². The van der Waals surface area contributed by atoms with Crippen LogP contribution in [0.4, 0.5) is 0 Å². The Morgan fingerprint density at radius 3 is 1.86 bits per heavy atom. The Morgan fingerprint density at radius 1 is 0.862 bits per heavy atom. The molecule has 0 unspecified atom stereocenters. The maximum atomic E-state index is 13.3. The second kappa shape index (κ2) is 8.17. The summed E-state index contributed by atoms with van der Waals surface area (Å²) in [4.78, 5) is 39.5. The molecule has 0 N–H and O–H groups in total. The zero-order valence-corrected chi connectivity index (χ0v) is 17.2. The molecule has 29 heavy (non-hydrogen) atoms. The summed E-state index contributed by atoms with van der Waals surface area (Å²) in [5.41, 5.74) is 1.13. The van der Waals surface area contributed by atoms with Gasteiger partial charge in [0.05, 0.1) is 18.4 Å². The van der Waals surface area contributed by atoms with Crippen LogP contribution in [0.1, 0.15) is 41.6 Å². The highest BCUT2D eigenvalue weighted by molar-refractivity contribution is 6.30. The van der Waals surface area contributed by atoms with Gasteiger partial charge in [0, 0.05) is 15.6 Å². The van der Waals surface area contributed by atoms with Crippen LogP contribution in [0.5, 0.6) is 0 Å². The van der Waals surface area contributed by atoms with Crippen molar-refractivity contribution < 1.29 is 14.4 Å². The molecule has 2 fully saturated rings. The number of rotatable bonds is 4. The highest BCUT2D eigenvalue weighted by atomic mass is 35.5. The van der Waals surface area contributed by atoms with E-state index in [0.717, 1.165) is 23.4 Å². The molecule has 2 atom stereocenters. The second-order valence-corrected chi connectivity index (χ2v) is 8.35. The maximum absolute atomic E-state index is 13.3. The van der Waals surface area contributed by atoms with Crippen molar-refractivity contribution in [3.05, 3.63) is 69.7 Å². The summed E-state index contributed by atoms with van der Waals surface area (Å²) in [6.45, 7) is 0.0928. The van der Waals surface area contributed by atoms with Crippen molar-refractivity contribution in [2.45, 2.75) is 32.2 Å². The fraction of sp³-hybridized carbons (Fsp3) is 0.318. The Bertz CT molecular complexity index is 920. The SMILES string of the molecule is O=C(c1ccc(Cl)cc1)N(Cc1ccc(Cl)cc1)N1C(=O)[C@@H]2CCCC[C@H]2C1=O. The first-order valence-corrected chi connectivity index (χ1v) is 10.4. The van der Waals surface area contributed by atoms with Crippen molar-refractivity contribution >= 4 is 40.9 Å². The van der Waals surface area contributed by atoms with E-state index in [0.29, 0.717) is 28.5 Å². The molecule has 7 heteroatoms. The number of carbonyl (C=O) groups excluding carboxylic acids is 3. The fourth-order valence-electron chi connectivity index (χ4n) is 4.12. The summed E-state index contributed by atoms with van der Waals surface area (Å²) < 4.78 is 0. The van der Waals surface area contributed by atoms with Gasteiger partial charge in [0.15, 0.2) is 0 Å². The smallest absolute Gasteiger partial charge is 0.272 e. The van der Waals surface area contributed by atoms with Gasteiger partial charge < -0.3 is 0 Å². The zero-order valence-electron chi connectivity index (χ0n) is 15.7. The van der Waals surface area contributed by atoms with Gasteiger partial charge in [-0.2, -0.15) is 5.01 Å². The van der Waals surface area contributed by atoms with E-state index in [1.165, 1.54) is 5.01 Å². The molecule has 0 bridgehead atoms. The van der Waals surface area contributed by atoms with Gasteiger partial charge in [-0.05, 0) is 54.8 Å². The quantitative estimate of drug-likeness (QED) is 0.658. The molecule has 2 aromatic rings. The first kappa shape index (κ1) is 19.9. The first-order valence-electron chi connectivity index (χ1n) is 9.65. The molecule has 0 radical (unpaired) electrons. The van der Waals surface area contributed by atoms with Gasteiger partial charge in [-0.3, -0.25) is 14.4 Å². The van der Waals surface area contributed by atoms with Crippen LogP contribution in [0, 0.1) is 11.8 Å². The number of nitrogens with zero attached hydrogens (tertiary/aromatic N) is 2. The Balaban J connectivity index is 1.70. The van der Waals surface area contributed by atoms with Gasteiger partial charge in [0.25, 0.3) is 17.7 Å². The van der Waals surface area contributed by atoms with Crippen LogP contribution in [-0.4, -0.2) is 27.7 Å². The first-order chi connectivity index (χ1) is 14.0. The van der Waals surface area contributed by atoms with Crippen LogP contribution >= 0.6 is 23.2 Å². The number of imide groups is 1. The summed E-state index contributed by atoms with van der Waals surface area (Å²) in [6.07, 6.45) is 3.23. The van der Waals surface area contributed by atoms with Gasteiger partial charge in [0.1, 0.15) is 0 Å². The Labute approximate surface area is 179 Å². The Hall–Kier alpha value is -2.37. The minimum atomic E-state index is -0.419. The number of halogens is 2. The highest BCUT2D eigenvalue weighted by Crippen LogP contribution is 2.39. The van der Waals surface area contributed by atoms with Crippen LogP contribution < -0.4 is 0 Å². The van der Waals surface area contributed by atoms with Gasteiger partial charge in [-0.25, -0.2) is 5.01 Å². The van der Waals surface area contributed by atoms with E-state index in [1.807, 2.05) is 0 Å². The van der Waals surface area contributed by atoms with E-state index in [9.17, 15) is 14.4 Å². The standard InChI is InChI=1S/C22H20Cl2N2O3/c23-16-9-5-14(6-10-16)13-25(20(27)15-7-11-17(24)12-8-15)26-21(28)18-3-1-2-4-19(18)22(26)29/h5-12,18-19H,1-4,13H2/t18-,19-/m1/s1. The average molecular weight is 431 g/mol. The van der Waals surface area contributed by atoms with Crippen molar-refractivity contribution in [3.8, 4) is 0 Å². The summed E-state index contributed by atoms with van der Waals surface area (Å²) in [7, 11) is 0. The third-order valence-corrected chi connectivity index (χ3v) is 6.13. The number of amides is 3. The maximum Gasteiger partial charge on any atom is 0.273 e. The van der Waals surface area contributed by atoms with Gasteiger partial charge in [0.2, 0.25) is 0 Å². The number of fused-ring (bicyclic) bond motifs is 1. The number of benzene rings is 2. The lowest BCUT2D eigenvalue weighted by Gasteiger charge is -2.30. The molecule has 1 heterocycles. The molecular weight excluding hydrogens is 411 g/mol. The van der Waals surface area contributed by atoms with Crippen molar-refractivity contribution in [2.24, 2.45) is 11.8 Å². The van der Waals surface area contributed by atoms with Crippen LogP contribution in [0.25, 0.3) is 0 Å². The van der Waals surface area contributed by atoms with E-state index >= 15 is 0 Å². The molecule has 1 saturated carbocycles. The van der Waals surface area contributed by atoms with Crippen molar-refractivity contribution in [2.75, 3.05) is 0 Å². The average Bonchev–Trinajstić information content (AvgIpc) is 2.98. The molecular formula is C22H20Cl2N2O3. The molecule has 4 rings (SSSR count). The lowest BCUT2D eigenvalue weighted by molar-refractivity contribution is -0.155. The normalized spacial score (nSPS) is 21.2. The topological polar surface area (TPSA) is 57.7 Å². The predicted molar refractivity (Wildman–Crippen MR) is 110 cm³/mol. The minimum absolute atomic E-state index is 0.0928. The van der Waals surface area contributed by atoms with E-state index in [2.05, 4.69) is 0 Å². The third kappa shape index (κ3) is 3.89. The predicted octanol–water partition coefficient (Wildman–Crippen LogP) is 4.73. The summed E-state index contributed by atoms with van der Waals surface area (Å²) in [6, 6.07) is 13.4. The Morgan fingerprint density at radius 2 is 1.34 bits per heavy atom. The molecule has 150 valence electrons. The largest absolute Gasteiger partial charge is 0.273 e. The summed E-state index contributed by atoms with van der Waals surface area (Å²) >= 11 is 11.9. The second-order valence-electron chi connectivity index (χ2n) is 7.48. The minimum Gasteiger partial charge on any atom is -0.272 e. The number of hydrazine groups is 1. The summed E-state index contributed by atoms with van der Waals surface area (Å²) in [5, 5.41) is 3.41. The lowest BCUT2D eigenvalue weighted by Crippen LogP contribution is -2.49. The zero-order chi connectivity index (χ0) is 20.5. The molecule has 2 aromatic carbocycles. The monoisotopic (exact) mass is 430 g/mol. The molecule has 1 saturated heterocycles. The van der Waals surface area contributed by atoms with Crippen molar-refractivity contribution in [3.63, 3.8) is 0 Å². The molecule has 5 nitrogen and oxygen atoms in total. The molecule has 3 amide bonds. The van der Waals surface area contributed by atoms with Gasteiger partial charge >= 0.3 is 0 Å².